The molecule has 0 N–H and O–H groups in total. The maximum atomic E-state index is 12.9. The van der Waals surface area contributed by atoms with Crippen LogP contribution >= 0.6 is 11.8 Å². The molecule has 1 atom stereocenters. The number of Topliss-reactive ketones (excluding diaryl/α,β-unsaturated/α-hetero) is 1. The van der Waals surface area contributed by atoms with E-state index in [0.717, 1.165) is 31.5 Å². The van der Waals surface area contributed by atoms with Gasteiger partial charge in [-0.25, -0.2) is 0 Å². The van der Waals surface area contributed by atoms with Gasteiger partial charge in [-0.1, -0.05) is 79.0 Å². The Kier molecular flexibility index (Phi) is 5.66. The minimum Gasteiger partial charge on any atom is -0.319 e. The second-order valence-corrected chi connectivity index (χ2v) is 9.18. The number of hydrogen-bond donors (Lipinski definition) is 0. The summed E-state index contributed by atoms with van der Waals surface area (Å²) < 4.78 is 0. The normalized spacial score (nSPS) is 17.5. The number of fused-ring (bicyclic) bond motifs is 2. The van der Waals surface area contributed by atoms with Crippen LogP contribution in [0.2, 0.25) is 0 Å². The van der Waals surface area contributed by atoms with Gasteiger partial charge in [0.1, 0.15) is 6.17 Å². The summed E-state index contributed by atoms with van der Waals surface area (Å²) in [7, 11) is 0. The molecule has 0 radical (unpaired) electrons. The molecule has 0 saturated carbocycles. The Morgan fingerprint density at radius 2 is 1.42 bits per heavy atom. The SMILES string of the molecule is C=CC(N1CCC(C(=O)c2ccccc2)CC1)N1c2ccccc2Sc2ccccc21. The minimum absolute atomic E-state index is 0.0518. The van der Waals surface area contributed by atoms with Crippen molar-refractivity contribution in [1.82, 2.24) is 4.90 Å². The molecule has 3 aromatic carbocycles. The zero-order chi connectivity index (χ0) is 21.2. The van der Waals surface area contributed by atoms with Gasteiger partial charge in [-0.2, -0.15) is 0 Å². The first kappa shape index (κ1) is 20.1. The molecule has 0 bridgehead atoms. The number of rotatable bonds is 5. The maximum Gasteiger partial charge on any atom is 0.166 e. The van der Waals surface area contributed by atoms with Gasteiger partial charge in [0.05, 0.1) is 11.4 Å². The molecule has 156 valence electrons. The fourth-order valence-electron chi connectivity index (χ4n) is 4.70. The number of nitrogens with zero attached hydrogens (tertiary/aromatic N) is 2. The average molecular weight is 427 g/mol. The molecule has 3 nitrogen and oxygen atoms in total. The zero-order valence-corrected chi connectivity index (χ0v) is 18.3. The van der Waals surface area contributed by atoms with E-state index in [-0.39, 0.29) is 17.9 Å². The van der Waals surface area contributed by atoms with E-state index in [2.05, 4.69) is 64.9 Å². The maximum absolute atomic E-state index is 12.9. The van der Waals surface area contributed by atoms with Gasteiger partial charge in [0.25, 0.3) is 0 Å². The summed E-state index contributed by atoms with van der Waals surface area (Å²) in [4.78, 5) is 20.3. The van der Waals surface area contributed by atoms with Crippen LogP contribution in [0.1, 0.15) is 23.2 Å². The minimum atomic E-state index is 0.0518. The van der Waals surface area contributed by atoms with Crippen molar-refractivity contribution in [2.75, 3.05) is 18.0 Å². The third-order valence-corrected chi connectivity index (χ3v) is 7.41. The highest BCUT2D eigenvalue weighted by Gasteiger charge is 2.34. The van der Waals surface area contributed by atoms with Crippen molar-refractivity contribution < 1.29 is 4.79 Å². The van der Waals surface area contributed by atoms with E-state index < -0.39 is 0 Å². The molecule has 0 aromatic heterocycles. The first-order valence-corrected chi connectivity index (χ1v) is 11.7. The quantitative estimate of drug-likeness (QED) is 0.348. The highest BCUT2D eigenvalue weighted by atomic mass is 32.2. The second-order valence-electron chi connectivity index (χ2n) is 8.10. The summed E-state index contributed by atoms with van der Waals surface area (Å²) in [5.41, 5.74) is 3.27. The predicted octanol–water partition coefficient (Wildman–Crippen LogP) is 6.40. The summed E-state index contributed by atoms with van der Waals surface area (Å²) in [6, 6.07) is 26.9. The molecule has 0 spiro atoms. The van der Waals surface area contributed by atoms with Crippen LogP contribution in [-0.2, 0) is 0 Å². The molecular weight excluding hydrogens is 400 g/mol. The van der Waals surface area contributed by atoms with E-state index in [1.165, 1.54) is 21.2 Å². The van der Waals surface area contributed by atoms with E-state index in [9.17, 15) is 4.79 Å². The van der Waals surface area contributed by atoms with E-state index in [4.69, 9.17) is 0 Å². The summed E-state index contributed by atoms with van der Waals surface area (Å²) in [5.74, 6) is 0.376. The molecule has 0 amide bonds. The van der Waals surface area contributed by atoms with Gasteiger partial charge in [0, 0.05) is 34.4 Å². The monoisotopic (exact) mass is 426 g/mol. The molecule has 4 heteroatoms. The van der Waals surface area contributed by atoms with Gasteiger partial charge in [-0.3, -0.25) is 9.69 Å². The standard InChI is InChI=1S/C27H26N2OS/c1-2-26(28-18-16-21(17-19-28)27(30)20-10-4-3-5-11-20)29-22-12-6-8-14-24(22)31-25-15-9-7-13-23(25)29/h2-15,21,26H,1,16-19H2. The van der Waals surface area contributed by atoms with E-state index in [1.807, 2.05) is 48.2 Å². The number of para-hydroxylation sites is 2. The number of hydrogen-bond acceptors (Lipinski definition) is 4. The summed E-state index contributed by atoms with van der Waals surface area (Å²) in [6.45, 7) is 5.97. The molecule has 0 aliphatic carbocycles. The van der Waals surface area contributed by atoms with Crippen LogP contribution in [0.5, 0.6) is 0 Å². The summed E-state index contributed by atoms with van der Waals surface area (Å²) in [6.07, 6.45) is 3.85. The fraction of sp³-hybridized carbons (Fsp3) is 0.222. The molecule has 2 aliphatic heterocycles. The molecular formula is C27H26N2OS. The van der Waals surface area contributed by atoms with Crippen LogP contribution in [0.25, 0.3) is 0 Å². The third kappa shape index (κ3) is 3.82. The van der Waals surface area contributed by atoms with Crippen molar-refractivity contribution in [3.8, 4) is 0 Å². The highest BCUT2D eigenvalue weighted by molar-refractivity contribution is 7.99. The predicted molar refractivity (Wildman–Crippen MR) is 128 cm³/mol. The molecule has 2 heterocycles. The zero-order valence-electron chi connectivity index (χ0n) is 17.5. The number of benzene rings is 3. The fourth-order valence-corrected chi connectivity index (χ4v) is 5.77. The Bertz CT molecular complexity index is 1040. The van der Waals surface area contributed by atoms with Crippen molar-refractivity contribution in [1.29, 1.82) is 0 Å². The Morgan fingerprint density at radius 3 is 2.00 bits per heavy atom. The summed E-state index contributed by atoms with van der Waals surface area (Å²) in [5, 5.41) is 0. The number of ketones is 1. The van der Waals surface area contributed by atoms with Crippen molar-refractivity contribution in [2.45, 2.75) is 28.8 Å². The molecule has 1 unspecified atom stereocenters. The molecule has 3 aromatic rings. The smallest absolute Gasteiger partial charge is 0.166 e. The van der Waals surface area contributed by atoms with Crippen molar-refractivity contribution >= 4 is 28.9 Å². The highest BCUT2D eigenvalue weighted by Crippen LogP contribution is 2.49. The molecule has 2 aliphatic rings. The number of carbonyl (C=O) groups excluding carboxylic acids is 1. The second kappa shape index (κ2) is 8.74. The van der Waals surface area contributed by atoms with Crippen molar-refractivity contribution in [2.24, 2.45) is 5.92 Å². The number of likely N-dealkylation sites (tertiary alicyclic amines) is 1. The Labute approximate surface area is 188 Å². The van der Waals surface area contributed by atoms with Gasteiger partial charge in [0.15, 0.2) is 5.78 Å². The number of piperidine rings is 1. The molecule has 1 fully saturated rings. The van der Waals surface area contributed by atoms with E-state index >= 15 is 0 Å². The molecule has 1 saturated heterocycles. The average Bonchev–Trinajstić information content (AvgIpc) is 2.84. The van der Waals surface area contributed by atoms with Crippen molar-refractivity contribution in [3.63, 3.8) is 0 Å². The molecule has 5 rings (SSSR count). The van der Waals surface area contributed by atoms with Gasteiger partial charge in [-0.05, 0) is 37.1 Å². The van der Waals surface area contributed by atoms with Crippen molar-refractivity contribution in [3.05, 3.63) is 97.1 Å². The van der Waals surface area contributed by atoms with Gasteiger partial charge in [-0.15, -0.1) is 0 Å². The number of carbonyl (C=O) groups is 1. The summed E-state index contributed by atoms with van der Waals surface area (Å²) >= 11 is 1.82. The lowest BCUT2D eigenvalue weighted by Crippen LogP contribution is -2.49. The van der Waals surface area contributed by atoms with Crippen LogP contribution in [0, 0.1) is 5.92 Å². The Balaban J connectivity index is 1.39. The first-order chi connectivity index (χ1) is 15.3. The van der Waals surface area contributed by atoms with Crippen LogP contribution in [0.4, 0.5) is 11.4 Å². The van der Waals surface area contributed by atoms with Crippen LogP contribution in [0.3, 0.4) is 0 Å². The van der Waals surface area contributed by atoms with Crippen LogP contribution in [-0.4, -0.2) is 29.9 Å². The largest absolute Gasteiger partial charge is 0.319 e. The van der Waals surface area contributed by atoms with Gasteiger partial charge >= 0.3 is 0 Å². The lowest BCUT2D eigenvalue weighted by atomic mass is 9.88. The number of anilines is 2. The third-order valence-electron chi connectivity index (χ3n) is 6.28. The Hall–Kier alpha value is -2.82. The topological polar surface area (TPSA) is 23.6 Å². The first-order valence-electron chi connectivity index (χ1n) is 10.9. The van der Waals surface area contributed by atoms with Crippen LogP contribution in [0.15, 0.2) is 101 Å². The van der Waals surface area contributed by atoms with Gasteiger partial charge < -0.3 is 4.90 Å². The van der Waals surface area contributed by atoms with E-state index in [1.54, 1.807) is 0 Å². The van der Waals surface area contributed by atoms with E-state index in [0.29, 0.717) is 0 Å². The van der Waals surface area contributed by atoms with Gasteiger partial charge in [0.2, 0.25) is 0 Å². The lowest BCUT2D eigenvalue weighted by molar-refractivity contribution is 0.0819. The van der Waals surface area contributed by atoms with Crippen LogP contribution < -0.4 is 4.90 Å². The Morgan fingerprint density at radius 1 is 0.871 bits per heavy atom. The molecule has 31 heavy (non-hydrogen) atoms. The lowest BCUT2D eigenvalue weighted by Gasteiger charge is -2.44.